The average Bonchev–Trinajstić information content (AvgIpc) is 1.67. The van der Waals surface area contributed by atoms with E-state index in [1.165, 1.54) is 59.5 Å². The summed E-state index contributed by atoms with van der Waals surface area (Å²) in [6, 6.07) is -0.269. The Balaban J connectivity index is 1.07. The SMILES string of the molecule is CCCC[C@H]1C(=O)N(C)[C@@H](CCCC)C(=O)N[C@@H](CN)C(=O)N[C@H](C(=O)NCC(N)=O)CSCC(=O)N[C@@H](Cc2ccc(O)cc2)C(=O)N2CCC[C@H]2C(=O)N[C@@H](CCO)C(=O)C2CCC[C@H]2C(=O)N[C@@H](CN)C(=O)N[C@@H](CC(=O)O)C(=O)N2C[C@H](O)C[C@H]2C(=O)N[C@@H](Cc2c[nH]c3ccccc23)C(=O)N[C@@H](CCN)C(=O)N[C@@H](Cc2csc3ccccc23)C(=O)N1C. The molecule has 1 aliphatic carbocycles. The molecule has 4 fully saturated rings. The minimum atomic E-state index is -2.02. The number of aromatic amines is 1. The molecule has 9 rings (SSSR count). The molecule has 0 bridgehead atoms. The number of likely N-dealkylation sites (N-methyl/N-ethyl adjacent to an activating group) is 2. The fraction of sp³-hybridized carbons (Fsp3) is 0.547. The molecular weight excluding hydrogens is 1700 g/mol. The zero-order valence-electron chi connectivity index (χ0n) is 72.1. The number of benzene rings is 3. The number of carboxylic acid groups (broad SMARTS) is 1. The van der Waals surface area contributed by atoms with Crippen LogP contribution in [-0.4, -0.2) is 301 Å². The van der Waals surface area contributed by atoms with Crippen LogP contribution in [0.3, 0.4) is 0 Å². The van der Waals surface area contributed by atoms with Gasteiger partial charge in [0.15, 0.2) is 5.78 Å². The second-order valence-corrected chi connectivity index (χ2v) is 34.7. The van der Waals surface area contributed by atoms with E-state index < -0.39 is 254 Å². The summed E-state index contributed by atoms with van der Waals surface area (Å²) in [7, 11) is 2.72. The van der Waals surface area contributed by atoms with Crippen molar-refractivity contribution in [3.8, 4) is 5.75 Å². The van der Waals surface area contributed by atoms with Crippen molar-refractivity contribution in [3.63, 3.8) is 0 Å². The van der Waals surface area contributed by atoms with Gasteiger partial charge < -0.3 is 121 Å². The summed E-state index contributed by atoms with van der Waals surface area (Å²) in [6.45, 7) is 0.200. The van der Waals surface area contributed by atoms with E-state index in [-0.39, 0.29) is 95.9 Å². The number of carbonyl (C=O) groups excluding carboxylic acids is 16. The molecule has 696 valence electrons. The van der Waals surface area contributed by atoms with Crippen LogP contribution in [0.4, 0.5) is 0 Å². The number of thioether (sulfide) groups is 1. The Morgan fingerprint density at radius 1 is 0.547 bits per heavy atom. The van der Waals surface area contributed by atoms with Crippen molar-refractivity contribution in [2.75, 3.05) is 71.5 Å². The Kier molecular flexibility index (Phi) is 37.5. The third-order valence-electron chi connectivity index (χ3n) is 23.6. The lowest BCUT2D eigenvalue weighted by Crippen LogP contribution is -2.62. The normalized spacial score (nSPS) is 26.5. The van der Waals surface area contributed by atoms with Gasteiger partial charge in [-0.2, -0.15) is 0 Å². The van der Waals surface area contributed by atoms with Crippen molar-refractivity contribution in [2.45, 2.75) is 214 Å². The maximum Gasteiger partial charge on any atom is 0.305 e. The summed E-state index contributed by atoms with van der Waals surface area (Å²) in [5.74, 6) is -19.7. The number of aliphatic carboxylic acids is 1. The van der Waals surface area contributed by atoms with Crippen LogP contribution in [0.25, 0.3) is 21.0 Å². The van der Waals surface area contributed by atoms with Crippen molar-refractivity contribution in [3.05, 3.63) is 101 Å². The van der Waals surface area contributed by atoms with Gasteiger partial charge in [0, 0.05) is 112 Å². The van der Waals surface area contributed by atoms with Gasteiger partial charge in [-0.1, -0.05) is 94.5 Å². The lowest BCUT2D eigenvalue weighted by atomic mass is 9.86. The predicted octanol–water partition coefficient (Wildman–Crippen LogP) is -3.08. The van der Waals surface area contributed by atoms with E-state index in [1.54, 1.807) is 41.9 Å². The lowest BCUT2D eigenvalue weighted by molar-refractivity contribution is -0.149. The number of aromatic hydroxyl groups is 1. The zero-order chi connectivity index (χ0) is 93.2. The number of carboxylic acids is 1. The van der Waals surface area contributed by atoms with Crippen molar-refractivity contribution in [2.24, 2.45) is 34.8 Å². The number of phenolic OH excluding ortho intramolecular Hbond substituents is 1. The molecule has 0 spiro atoms. The molecule has 40 nitrogen and oxygen atoms in total. The fourth-order valence-corrected chi connectivity index (χ4v) is 18.5. The molecule has 42 heteroatoms. The number of fused-ring (bicyclic) bond motifs is 5. The van der Waals surface area contributed by atoms with Crippen LogP contribution in [0.15, 0.2) is 84.4 Å². The summed E-state index contributed by atoms with van der Waals surface area (Å²) in [4.78, 5) is 255. The molecule has 3 aromatic carbocycles. The molecule has 23 N–H and O–H groups in total. The second kappa shape index (κ2) is 47.9. The Morgan fingerprint density at radius 2 is 1.12 bits per heavy atom. The molecule has 1 saturated carbocycles. The van der Waals surface area contributed by atoms with Crippen molar-refractivity contribution in [1.82, 2.24) is 77.8 Å². The lowest BCUT2D eigenvalue weighted by Gasteiger charge is -2.36. The molecule has 15 amide bonds. The first-order valence-electron chi connectivity index (χ1n) is 43.2. The number of rotatable bonds is 23. The van der Waals surface area contributed by atoms with Crippen LogP contribution in [0.2, 0.25) is 0 Å². The van der Waals surface area contributed by atoms with Gasteiger partial charge in [0.05, 0.1) is 30.9 Å². The van der Waals surface area contributed by atoms with E-state index in [9.17, 15) is 78.0 Å². The molecule has 0 radical (unpaired) electrons. The third kappa shape index (κ3) is 26.5. The number of aromatic nitrogens is 1. The second-order valence-electron chi connectivity index (χ2n) is 32.7. The molecule has 3 aliphatic heterocycles. The summed E-state index contributed by atoms with van der Waals surface area (Å²) < 4.78 is 0.827. The van der Waals surface area contributed by atoms with Crippen LogP contribution in [0.1, 0.15) is 127 Å². The maximum absolute atomic E-state index is 15.7. The molecule has 3 saturated heterocycles. The van der Waals surface area contributed by atoms with Crippen molar-refractivity contribution in [1.29, 1.82) is 0 Å². The molecule has 128 heavy (non-hydrogen) atoms. The van der Waals surface area contributed by atoms with Gasteiger partial charge in [0.25, 0.3) is 0 Å². The van der Waals surface area contributed by atoms with Gasteiger partial charge in [-0.3, -0.25) is 81.5 Å². The van der Waals surface area contributed by atoms with Crippen molar-refractivity contribution >= 4 is 144 Å². The van der Waals surface area contributed by atoms with E-state index in [0.717, 1.165) is 31.6 Å². The summed E-state index contributed by atoms with van der Waals surface area (Å²) >= 11 is 2.15. The summed E-state index contributed by atoms with van der Waals surface area (Å²) in [6.07, 6.45) is -0.362. The highest BCUT2D eigenvalue weighted by molar-refractivity contribution is 8.00. The molecule has 5 heterocycles. The number of Topliss-reactive ketones (excluding diaryl/α,β-unsaturated/α-hetero) is 1. The number of phenols is 1. The predicted molar refractivity (Wildman–Crippen MR) is 471 cm³/mol. The number of para-hydroxylation sites is 1. The summed E-state index contributed by atoms with van der Waals surface area (Å²) in [5, 5.41) is 71.3. The van der Waals surface area contributed by atoms with Gasteiger partial charge >= 0.3 is 5.97 Å². The number of nitrogens with two attached hydrogens (primary N) is 4. The third-order valence-corrected chi connectivity index (χ3v) is 25.7. The van der Waals surface area contributed by atoms with Crippen LogP contribution < -0.4 is 76.1 Å². The number of amides is 15. The molecular formula is C86H119N19O21S2. The van der Waals surface area contributed by atoms with Gasteiger partial charge in [-0.15, -0.1) is 23.1 Å². The van der Waals surface area contributed by atoms with Crippen molar-refractivity contribution < 1.29 is 102 Å². The largest absolute Gasteiger partial charge is 0.508 e. The number of nitrogens with one attached hydrogen (secondary N) is 11. The Hall–Kier alpha value is -11.7. The highest BCUT2D eigenvalue weighted by Gasteiger charge is 2.48. The van der Waals surface area contributed by atoms with Crippen LogP contribution in [-0.2, 0) is 101 Å². The number of aliphatic hydroxyl groups is 2. The van der Waals surface area contributed by atoms with E-state index in [4.69, 9.17) is 22.9 Å². The monoisotopic (exact) mass is 1820 g/mol. The number of H-pyrrole nitrogens is 1. The van der Waals surface area contributed by atoms with Crippen LogP contribution >= 0.6 is 23.1 Å². The number of hydrogen-bond acceptors (Lipinski definition) is 25. The molecule has 1 unspecified atom stereocenters. The van der Waals surface area contributed by atoms with E-state index in [0.29, 0.717) is 53.3 Å². The van der Waals surface area contributed by atoms with Gasteiger partial charge in [0.2, 0.25) is 88.6 Å². The first-order valence-corrected chi connectivity index (χ1v) is 45.2. The Morgan fingerprint density at radius 3 is 1.79 bits per heavy atom. The fourth-order valence-electron chi connectivity index (χ4n) is 16.7. The Bertz CT molecular complexity index is 4820. The number of aliphatic hydroxyl groups excluding tert-OH is 2. The minimum absolute atomic E-state index is 0.00406. The number of carbonyl (C=O) groups is 17. The number of primary amides is 1. The number of ketones is 1. The average molecular weight is 1820 g/mol. The molecule has 4 aliphatic rings. The molecule has 2 aromatic heterocycles. The quantitative estimate of drug-likeness (QED) is 0.0308. The van der Waals surface area contributed by atoms with Gasteiger partial charge in [-0.05, 0) is 110 Å². The zero-order valence-corrected chi connectivity index (χ0v) is 73.7. The molecule has 16 atom stereocenters. The minimum Gasteiger partial charge on any atom is -0.508 e. The van der Waals surface area contributed by atoms with Crippen LogP contribution in [0, 0.1) is 11.8 Å². The maximum atomic E-state index is 15.7. The topological polar surface area (TPSA) is 624 Å². The first kappa shape index (κ1) is 100. The molecule has 5 aromatic rings. The smallest absolute Gasteiger partial charge is 0.305 e. The van der Waals surface area contributed by atoms with Gasteiger partial charge in [0.1, 0.15) is 78.3 Å². The number of thiophene rings is 1. The first-order chi connectivity index (χ1) is 61.2. The summed E-state index contributed by atoms with van der Waals surface area (Å²) in [5.41, 5.74) is 26.1. The van der Waals surface area contributed by atoms with Gasteiger partial charge in [-0.25, -0.2) is 0 Å². The van der Waals surface area contributed by atoms with E-state index in [2.05, 4.69) is 58.2 Å². The highest BCUT2D eigenvalue weighted by atomic mass is 32.2. The Labute approximate surface area is 747 Å². The standard InChI is InChI=1S/C86H119N19O21S2/c1-5-7-20-65-80(120)100-63(39-89)79(119)101-64(75(115)92-41-70(90)109)44-127-45-71(110)93-59(33-46-24-26-49(107)27-25-46)84(124)104-31-14-22-66(104)81(121)94-56(29-32-106)73(113)53-17-13-18-54(53)74(114)99-62(38-88)78(118)98-61(37-72(111)112)85(125)105-42-50(108)36-68(105)82(122)96-58(34-47-40-91-55-19-11-9-15-51(47)55)77(117)95-57(28-30-87)76(116)97-60(35-48-43-128-69-23-12-10-16-52(48)69)83(123)103(4)67(21-8-6-2)86(126)102(65)3/h9-12,15-16,19,23-27,40,43,50,53-54,56-68,91,106-108H,5-8,13-14,17-18,20-22,28-39,41-42,44-45,87-89H2,1-4H3,(H2,90,109)(H,92,115)(H,93,110)(H,94,121)(H,95,117)(H,96,122)(H,97,116)(H,98,118)(H,99,114)(H,100,120)(H,101,119)(H,111,112)/t50-,53?,54-,56+,57+,58+,59+,60+,61+,62+,63+,64+,65+,66+,67+,68+/m1/s1. The number of hydrogen-bond donors (Lipinski definition) is 19. The highest BCUT2D eigenvalue weighted by Crippen LogP contribution is 2.35. The van der Waals surface area contributed by atoms with E-state index >= 15 is 24.0 Å². The van der Waals surface area contributed by atoms with E-state index in [1.807, 2.05) is 32.0 Å². The number of unbranched alkanes of at least 4 members (excludes halogenated alkanes) is 2. The van der Waals surface area contributed by atoms with Crippen LogP contribution in [0.5, 0.6) is 5.75 Å². The number of nitrogens with zero attached hydrogens (tertiary/aromatic N) is 4.